The largest absolute Gasteiger partial charge is 0.454 e. The predicted molar refractivity (Wildman–Crippen MR) is 87.5 cm³/mol. The summed E-state index contributed by atoms with van der Waals surface area (Å²) in [5.74, 6) is 1.01. The fourth-order valence-corrected chi connectivity index (χ4v) is 3.62. The van der Waals surface area contributed by atoms with E-state index in [-0.39, 0.29) is 11.7 Å². The summed E-state index contributed by atoms with van der Waals surface area (Å²) in [4.78, 5) is 0.171. The lowest BCUT2D eigenvalue weighted by molar-refractivity contribution is 0.174. The summed E-state index contributed by atoms with van der Waals surface area (Å²) < 4.78 is 37.5. The molecule has 0 atom stereocenters. The normalized spacial score (nSPS) is 13.3. The van der Waals surface area contributed by atoms with E-state index in [9.17, 15) is 8.42 Å². The zero-order chi connectivity index (χ0) is 16.3. The summed E-state index contributed by atoms with van der Waals surface area (Å²) >= 11 is 5.92. The number of halogens is 1. The van der Waals surface area contributed by atoms with Crippen LogP contribution in [0.15, 0.2) is 47.4 Å². The van der Waals surface area contributed by atoms with Gasteiger partial charge in [0, 0.05) is 17.6 Å². The van der Waals surface area contributed by atoms with Gasteiger partial charge < -0.3 is 9.47 Å². The van der Waals surface area contributed by atoms with E-state index >= 15 is 0 Å². The van der Waals surface area contributed by atoms with Crippen molar-refractivity contribution in [1.82, 2.24) is 4.72 Å². The Morgan fingerprint density at radius 3 is 2.74 bits per heavy atom. The van der Waals surface area contributed by atoms with Crippen LogP contribution in [-0.2, 0) is 16.4 Å². The number of ether oxygens (including phenoxy) is 2. The number of benzene rings is 2. The lowest BCUT2D eigenvalue weighted by Crippen LogP contribution is -2.25. The summed E-state index contributed by atoms with van der Waals surface area (Å²) in [6.45, 7) is 0.467. The van der Waals surface area contributed by atoms with E-state index in [4.69, 9.17) is 21.1 Å². The van der Waals surface area contributed by atoms with Crippen molar-refractivity contribution in [1.29, 1.82) is 0 Å². The molecule has 0 aromatic heterocycles. The van der Waals surface area contributed by atoms with Crippen molar-refractivity contribution in [3.8, 4) is 11.5 Å². The van der Waals surface area contributed by atoms with Crippen LogP contribution in [0.5, 0.6) is 11.5 Å². The minimum atomic E-state index is -3.56. The van der Waals surface area contributed by atoms with E-state index in [1.165, 1.54) is 12.1 Å². The smallest absolute Gasteiger partial charge is 0.240 e. The van der Waals surface area contributed by atoms with Crippen molar-refractivity contribution in [3.05, 3.63) is 53.1 Å². The third kappa shape index (κ3) is 3.96. The van der Waals surface area contributed by atoms with Gasteiger partial charge in [-0.2, -0.15) is 0 Å². The summed E-state index contributed by atoms with van der Waals surface area (Å²) in [6.07, 6.45) is 1.44. The van der Waals surface area contributed by atoms with E-state index in [0.29, 0.717) is 29.5 Å². The first kappa shape index (κ1) is 16.1. The molecule has 23 heavy (non-hydrogen) atoms. The topological polar surface area (TPSA) is 64.6 Å². The lowest BCUT2D eigenvalue weighted by Gasteiger charge is -2.08. The van der Waals surface area contributed by atoms with Crippen LogP contribution < -0.4 is 14.2 Å². The molecule has 0 saturated carbocycles. The van der Waals surface area contributed by atoms with Gasteiger partial charge in [-0.1, -0.05) is 23.7 Å². The van der Waals surface area contributed by atoms with Crippen molar-refractivity contribution >= 4 is 21.6 Å². The van der Waals surface area contributed by atoms with E-state index in [0.717, 1.165) is 12.0 Å². The highest BCUT2D eigenvalue weighted by Crippen LogP contribution is 2.33. The number of sulfonamides is 1. The van der Waals surface area contributed by atoms with Gasteiger partial charge in [0.15, 0.2) is 11.5 Å². The summed E-state index contributed by atoms with van der Waals surface area (Å²) in [5, 5.41) is 0.684. The van der Waals surface area contributed by atoms with Crippen molar-refractivity contribution < 1.29 is 17.9 Å². The molecule has 0 radical (unpaired) electrons. The molecule has 0 bridgehead atoms. The zero-order valence-electron chi connectivity index (χ0n) is 12.3. The summed E-state index contributed by atoms with van der Waals surface area (Å²) in [7, 11) is -3.56. The van der Waals surface area contributed by atoms with Crippen molar-refractivity contribution in [2.24, 2.45) is 0 Å². The van der Waals surface area contributed by atoms with Gasteiger partial charge in [-0.15, -0.1) is 0 Å². The number of nitrogens with one attached hydrogen (secondary N) is 1. The van der Waals surface area contributed by atoms with Gasteiger partial charge in [0.1, 0.15) is 0 Å². The molecule has 1 N–H and O–H groups in total. The van der Waals surface area contributed by atoms with Crippen LogP contribution in [0, 0.1) is 0 Å². The van der Waals surface area contributed by atoms with Crippen LogP contribution in [-0.4, -0.2) is 21.8 Å². The number of hydrogen-bond acceptors (Lipinski definition) is 4. The minimum absolute atomic E-state index is 0.117. The fraction of sp³-hybridized carbons (Fsp3) is 0.250. The molecular formula is C16H16ClNO4S. The highest BCUT2D eigenvalue weighted by Gasteiger charge is 2.19. The van der Waals surface area contributed by atoms with Crippen LogP contribution in [0.1, 0.15) is 12.0 Å². The van der Waals surface area contributed by atoms with Gasteiger partial charge in [0.25, 0.3) is 0 Å². The van der Waals surface area contributed by atoms with Crippen molar-refractivity contribution in [2.45, 2.75) is 17.7 Å². The maximum atomic E-state index is 12.3. The Morgan fingerprint density at radius 1 is 1.09 bits per heavy atom. The van der Waals surface area contributed by atoms with Gasteiger partial charge in [0.05, 0.1) is 4.90 Å². The second-order valence-corrected chi connectivity index (χ2v) is 7.35. The molecule has 3 rings (SSSR count). The van der Waals surface area contributed by atoms with Crippen molar-refractivity contribution in [2.75, 3.05) is 13.3 Å². The first-order valence-corrected chi connectivity index (χ1v) is 9.04. The first-order chi connectivity index (χ1) is 11.0. The molecule has 2 aromatic carbocycles. The van der Waals surface area contributed by atoms with Gasteiger partial charge in [-0.05, 0) is 42.7 Å². The maximum absolute atomic E-state index is 12.3. The standard InChI is InChI=1S/C16H16ClNO4S/c17-13-5-1-3-12(9-13)4-2-8-18-23(19,20)14-6-7-15-16(10-14)22-11-21-15/h1,3,5-7,9-10,18H,2,4,8,11H2. The Hall–Kier alpha value is -1.76. The molecule has 1 aliphatic rings. The van der Waals surface area contributed by atoms with E-state index in [1.807, 2.05) is 24.3 Å². The van der Waals surface area contributed by atoms with Gasteiger partial charge in [0.2, 0.25) is 16.8 Å². The van der Waals surface area contributed by atoms with Crippen LogP contribution >= 0.6 is 11.6 Å². The van der Waals surface area contributed by atoms with Gasteiger partial charge in [-0.3, -0.25) is 0 Å². The molecule has 0 amide bonds. The number of aryl methyl sites for hydroxylation is 1. The quantitative estimate of drug-likeness (QED) is 0.811. The Balaban J connectivity index is 1.57. The average Bonchev–Trinajstić information content (AvgIpc) is 2.99. The van der Waals surface area contributed by atoms with E-state index < -0.39 is 10.0 Å². The molecule has 1 aliphatic heterocycles. The molecule has 1 heterocycles. The van der Waals surface area contributed by atoms with Gasteiger partial charge >= 0.3 is 0 Å². The minimum Gasteiger partial charge on any atom is -0.454 e. The Bertz CT molecular complexity index is 807. The van der Waals surface area contributed by atoms with E-state index in [1.54, 1.807) is 6.07 Å². The van der Waals surface area contributed by atoms with Crippen molar-refractivity contribution in [3.63, 3.8) is 0 Å². The molecule has 0 fully saturated rings. The fourth-order valence-electron chi connectivity index (χ4n) is 2.32. The first-order valence-electron chi connectivity index (χ1n) is 7.18. The molecule has 0 unspecified atom stereocenters. The van der Waals surface area contributed by atoms with Gasteiger partial charge in [-0.25, -0.2) is 13.1 Å². The number of hydrogen-bond donors (Lipinski definition) is 1. The van der Waals surface area contributed by atoms with Crippen LogP contribution in [0.3, 0.4) is 0 Å². The third-order valence-electron chi connectivity index (χ3n) is 3.48. The Kier molecular flexibility index (Phi) is 4.75. The Morgan fingerprint density at radius 2 is 1.91 bits per heavy atom. The highest BCUT2D eigenvalue weighted by atomic mass is 35.5. The average molecular weight is 354 g/mol. The SMILES string of the molecule is O=S(=O)(NCCCc1cccc(Cl)c1)c1ccc2c(c1)OCO2. The third-order valence-corrected chi connectivity index (χ3v) is 5.17. The molecular weight excluding hydrogens is 338 g/mol. The van der Waals surface area contributed by atoms with Crippen LogP contribution in [0.4, 0.5) is 0 Å². The monoisotopic (exact) mass is 353 g/mol. The molecule has 122 valence electrons. The number of rotatable bonds is 6. The highest BCUT2D eigenvalue weighted by molar-refractivity contribution is 7.89. The van der Waals surface area contributed by atoms with E-state index in [2.05, 4.69) is 4.72 Å². The molecule has 0 aliphatic carbocycles. The molecule has 2 aromatic rings. The number of fused-ring (bicyclic) bond motifs is 1. The Labute approximate surface area is 140 Å². The molecule has 5 nitrogen and oxygen atoms in total. The summed E-state index contributed by atoms with van der Waals surface area (Å²) in [5.41, 5.74) is 1.08. The summed E-state index contributed by atoms with van der Waals surface area (Å²) in [6, 6.07) is 12.1. The second-order valence-electron chi connectivity index (χ2n) is 5.15. The molecule has 7 heteroatoms. The molecule has 0 saturated heterocycles. The maximum Gasteiger partial charge on any atom is 0.240 e. The predicted octanol–water partition coefficient (Wildman–Crippen LogP) is 2.98. The zero-order valence-corrected chi connectivity index (χ0v) is 13.9. The molecule has 0 spiro atoms. The lowest BCUT2D eigenvalue weighted by atomic mass is 10.1. The second kappa shape index (κ2) is 6.78. The van der Waals surface area contributed by atoms with Crippen LogP contribution in [0.25, 0.3) is 0 Å². The van der Waals surface area contributed by atoms with Crippen LogP contribution in [0.2, 0.25) is 5.02 Å².